The SMILES string of the molecule is CCCN/C(N)=C/C=C(\N)C(=O)N=C(N)C(C)(c1ccc(-c2cnc(N)nc2)nc1)C(C)C. The summed E-state index contributed by atoms with van der Waals surface area (Å²) in [6.07, 6.45) is 8.78. The van der Waals surface area contributed by atoms with Crippen molar-refractivity contribution >= 4 is 17.7 Å². The fraction of sp³-hybridized carbons (Fsp3) is 0.348. The zero-order valence-corrected chi connectivity index (χ0v) is 19.5. The number of pyridine rings is 1. The lowest BCUT2D eigenvalue weighted by molar-refractivity contribution is -0.114. The predicted octanol–water partition coefficient (Wildman–Crippen LogP) is 1.56. The molecule has 0 saturated carbocycles. The number of hydrogen-bond acceptors (Lipinski definition) is 8. The summed E-state index contributed by atoms with van der Waals surface area (Å²) in [5.41, 5.74) is 25.0. The van der Waals surface area contributed by atoms with E-state index < -0.39 is 11.3 Å². The minimum absolute atomic E-state index is 0.0144. The summed E-state index contributed by atoms with van der Waals surface area (Å²) in [6.45, 7) is 8.65. The van der Waals surface area contributed by atoms with Gasteiger partial charge in [0.25, 0.3) is 5.91 Å². The minimum Gasteiger partial charge on any atom is -0.394 e. The number of hydrogen-bond donors (Lipinski definition) is 5. The van der Waals surface area contributed by atoms with Crippen molar-refractivity contribution in [3.8, 4) is 11.3 Å². The van der Waals surface area contributed by atoms with Crippen LogP contribution in [0.2, 0.25) is 0 Å². The first-order valence-corrected chi connectivity index (χ1v) is 10.7. The highest BCUT2D eigenvalue weighted by Crippen LogP contribution is 2.33. The maximum absolute atomic E-state index is 12.6. The number of aromatic nitrogens is 3. The highest BCUT2D eigenvalue weighted by atomic mass is 16.1. The summed E-state index contributed by atoms with van der Waals surface area (Å²) in [5.74, 6) is 0.128. The van der Waals surface area contributed by atoms with Crippen molar-refractivity contribution in [3.05, 3.63) is 60.0 Å². The molecule has 0 aromatic carbocycles. The van der Waals surface area contributed by atoms with Gasteiger partial charge in [0.2, 0.25) is 5.95 Å². The second-order valence-electron chi connectivity index (χ2n) is 8.09. The molecule has 9 N–H and O–H groups in total. The number of amides is 1. The van der Waals surface area contributed by atoms with E-state index >= 15 is 0 Å². The number of nitrogens with two attached hydrogens (primary N) is 4. The zero-order valence-electron chi connectivity index (χ0n) is 19.5. The number of rotatable bonds is 9. The van der Waals surface area contributed by atoms with E-state index in [2.05, 4.69) is 25.3 Å². The smallest absolute Gasteiger partial charge is 0.294 e. The summed E-state index contributed by atoms with van der Waals surface area (Å²) in [5, 5.41) is 2.99. The zero-order chi connectivity index (χ0) is 24.6. The third-order valence-corrected chi connectivity index (χ3v) is 5.51. The lowest BCUT2D eigenvalue weighted by Gasteiger charge is -2.33. The molecule has 0 saturated heterocycles. The topological polar surface area (TPSA) is 184 Å². The summed E-state index contributed by atoms with van der Waals surface area (Å²) in [6, 6.07) is 3.73. The van der Waals surface area contributed by atoms with Crippen LogP contribution in [0.1, 0.15) is 39.7 Å². The van der Waals surface area contributed by atoms with E-state index in [1.807, 2.05) is 39.8 Å². The fourth-order valence-corrected chi connectivity index (χ4v) is 2.99. The third-order valence-electron chi connectivity index (χ3n) is 5.51. The number of carbonyl (C=O) groups is 1. The molecular formula is C23H33N9O. The van der Waals surface area contributed by atoms with Crippen LogP contribution in [-0.2, 0) is 10.2 Å². The lowest BCUT2D eigenvalue weighted by atomic mass is 9.73. The minimum atomic E-state index is -0.753. The highest BCUT2D eigenvalue weighted by Gasteiger charge is 2.36. The van der Waals surface area contributed by atoms with Gasteiger partial charge in [0.1, 0.15) is 5.84 Å². The van der Waals surface area contributed by atoms with E-state index in [4.69, 9.17) is 22.9 Å². The number of anilines is 1. The van der Waals surface area contributed by atoms with Gasteiger partial charge in [0.05, 0.1) is 22.6 Å². The molecule has 33 heavy (non-hydrogen) atoms. The molecule has 2 aromatic rings. The van der Waals surface area contributed by atoms with Gasteiger partial charge in [0.15, 0.2) is 0 Å². The molecule has 1 unspecified atom stereocenters. The second kappa shape index (κ2) is 11.1. The van der Waals surface area contributed by atoms with E-state index in [-0.39, 0.29) is 23.4 Å². The highest BCUT2D eigenvalue weighted by molar-refractivity contribution is 6.05. The second-order valence-corrected chi connectivity index (χ2v) is 8.09. The van der Waals surface area contributed by atoms with Gasteiger partial charge in [-0.3, -0.25) is 9.78 Å². The average Bonchev–Trinajstić information content (AvgIpc) is 2.80. The van der Waals surface area contributed by atoms with Crippen molar-refractivity contribution in [2.24, 2.45) is 28.1 Å². The number of nitrogens with one attached hydrogen (secondary N) is 1. The Morgan fingerprint density at radius 3 is 2.33 bits per heavy atom. The van der Waals surface area contributed by atoms with E-state index in [1.165, 1.54) is 12.2 Å². The molecular weight excluding hydrogens is 418 g/mol. The van der Waals surface area contributed by atoms with Crippen molar-refractivity contribution in [3.63, 3.8) is 0 Å². The molecule has 0 radical (unpaired) electrons. The molecule has 0 spiro atoms. The molecule has 0 aliphatic rings. The standard InChI is InChI=1S/C23H33N9O/c1-5-10-28-19(25)9-7-17(24)20(33)32-21(26)23(4,14(2)3)16-6-8-18(29-13-16)15-11-30-22(27)31-12-15/h6-9,11-14,28H,5,10,24-25H2,1-4H3,(H2,26,32,33)(H2,27,30,31)/b17-7-,19-9+. The molecule has 1 amide bonds. The van der Waals surface area contributed by atoms with Crippen LogP contribution in [0.25, 0.3) is 11.3 Å². The molecule has 0 bridgehead atoms. The van der Waals surface area contributed by atoms with Gasteiger partial charge >= 0.3 is 0 Å². The lowest BCUT2D eigenvalue weighted by Crippen LogP contribution is -2.44. The quantitative estimate of drug-likeness (QED) is 0.163. The molecule has 0 fully saturated rings. The number of amidine groups is 1. The first-order chi connectivity index (χ1) is 15.6. The Bertz CT molecular complexity index is 1040. The van der Waals surface area contributed by atoms with E-state index in [9.17, 15) is 4.79 Å². The average molecular weight is 452 g/mol. The first kappa shape index (κ1) is 25.3. The first-order valence-electron chi connectivity index (χ1n) is 10.7. The normalized spacial score (nSPS) is 14.8. The van der Waals surface area contributed by atoms with E-state index in [1.54, 1.807) is 18.6 Å². The monoisotopic (exact) mass is 451 g/mol. The van der Waals surface area contributed by atoms with Gasteiger partial charge in [-0.2, -0.15) is 4.99 Å². The Hall–Kier alpha value is -3.95. The van der Waals surface area contributed by atoms with Crippen LogP contribution in [0.5, 0.6) is 0 Å². The van der Waals surface area contributed by atoms with Crippen LogP contribution in [-0.4, -0.2) is 33.2 Å². The van der Waals surface area contributed by atoms with E-state index in [0.717, 1.165) is 24.1 Å². The number of nitrogens with zero attached hydrogens (tertiary/aromatic N) is 4. The maximum Gasteiger partial charge on any atom is 0.294 e. The van der Waals surface area contributed by atoms with Crippen LogP contribution in [0.15, 0.2) is 59.4 Å². The molecule has 2 rings (SSSR count). The molecule has 2 heterocycles. The van der Waals surface area contributed by atoms with Gasteiger partial charge in [-0.05, 0) is 43.0 Å². The number of carbonyl (C=O) groups excluding carboxylic acids is 1. The van der Waals surface area contributed by atoms with Crippen molar-refractivity contribution in [1.82, 2.24) is 20.3 Å². The van der Waals surface area contributed by atoms with Crippen molar-refractivity contribution in [1.29, 1.82) is 0 Å². The molecule has 10 nitrogen and oxygen atoms in total. The molecule has 0 aliphatic heterocycles. The number of aliphatic imine (C=N–C) groups is 1. The van der Waals surface area contributed by atoms with Gasteiger partial charge in [-0.1, -0.05) is 26.8 Å². The van der Waals surface area contributed by atoms with Crippen LogP contribution in [0.4, 0.5) is 5.95 Å². The Morgan fingerprint density at radius 1 is 1.12 bits per heavy atom. The fourth-order valence-electron chi connectivity index (χ4n) is 2.99. The van der Waals surface area contributed by atoms with Gasteiger partial charge in [-0.25, -0.2) is 9.97 Å². The van der Waals surface area contributed by atoms with Gasteiger partial charge in [0, 0.05) is 30.7 Å². The molecule has 10 heteroatoms. The molecule has 1 atom stereocenters. The molecule has 2 aromatic heterocycles. The Kier molecular flexibility index (Phi) is 8.49. The number of allylic oxidation sites excluding steroid dienone is 2. The summed E-state index contributed by atoms with van der Waals surface area (Å²) >= 11 is 0. The van der Waals surface area contributed by atoms with Gasteiger partial charge in [-0.15, -0.1) is 0 Å². The van der Waals surface area contributed by atoms with Crippen LogP contribution in [0.3, 0.4) is 0 Å². The summed E-state index contributed by atoms with van der Waals surface area (Å²) in [4.78, 5) is 29.1. The van der Waals surface area contributed by atoms with Crippen LogP contribution < -0.4 is 28.3 Å². The Labute approximate surface area is 194 Å². The summed E-state index contributed by atoms with van der Waals surface area (Å²) in [7, 11) is 0. The molecule has 176 valence electrons. The third kappa shape index (κ3) is 6.28. The van der Waals surface area contributed by atoms with Gasteiger partial charge < -0.3 is 28.3 Å². The largest absolute Gasteiger partial charge is 0.394 e. The van der Waals surface area contributed by atoms with E-state index in [0.29, 0.717) is 11.5 Å². The van der Waals surface area contributed by atoms with Crippen molar-refractivity contribution < 1.29 is 4.79 Å². The maximum atomic E-state index is 12.6. The number of nitrogen functional groups attached to an aromatic ring is 1. The van der Waals surface area contributed by atoms with Crippen molar-refractivity contribution in [2.45, 2.75) is 39.5 Å². The van der Waals surface area contributed by atoms with Crippen LogP contribution in [0, 0.1) is 5.92 Å². The van der Waals surface area contributed by atoms with Crippen molar-refractivity contribution in [2.75, 3.05) is 12.3 Å². The summed E-state index contributed by atoms with van der Waals surface area (Å²) < 4.78 is 0. The predicted molar refractivity (Wildman–Crippen MR) is 131 cm³/mol. The van der Waals surface area contributed by atoms with Crippen LogP contribution >= 0.6 is 0 Å². The Morgan fingerprint density at radius 2 is 1.79 bits per heavy atom. The molecule has 0 aliphatic carbocycles. The Balaban J connectivity index is 2.30.